The molecule has 0 atom stereocenters. The zero-order valence-corrected chi connectivity index (χ0v) is 10.4. The standard InChI is InChI=1S/C14H17N3O/c18-14(10-11-6-2-1-3-7-11)17-13-9-5-4-8-12(13)15-16-17/h4-5,8-9,11H,1-3,6-7,10H2. The van der Waals surface area contributed by atoms with Gasteiger partial charge in [-0.05, 0) is 30.9 Å². The number of carbonyl (C=O) groups is 1. The maximum Gasteiger partial charge on any atom is 0.249 e. The van der Waals surface area contributed by atoms with Crippen LogP contribution in [-0.2, 0) is 0 Å². The van der Waals surface area contributed by atoms with Crippen molar-refractivity contribution < 1.29 is 4.79 Å². The van der Waals surface area contributed by atoms with Crippen molar-refractivity contribution in [1.29, 1.82) is 0 Å². The van der Waals surface area contributed by atoms with Gasteiger partial charge in [0.15, 0.2) is 0 Å². The van der Waals surface area contributed by atoms with Crippen molar-refractivity contribution in [3.8, 4) is 0 Å². The van der Waals surface area contributed by atoms with E-state index < -0.39 is 0 Å². The molecule has 4 nitrogen and oxygen atoms in total. The minimum atomic E-state index is 0.0793. The Balaban J connectivity index is 1.79. The Bertz CT molecular complexity index is 555. The summed E-state index contributed by atoms with van der Waals surface area (Å²) in [5.41, 5.74) is 1.60. The van der Waals surface area contributed by atoms with E-state index in [1.807, 2.05) is 24.3 Å². The smallest absolute Gasteiger partial charge is 0.249 e. The van der Waals surface area contributed by atoms with E-state index in [2.05, 4.69) is 10.3 Å². The molecule has 0 saturated heterocycles. The van der Waals surface area contributed by atoms with Gasteiger partial charge in [-0.3, -0.25) is 4.79 Å². The molecule has 4 heteroatoms. The summed E-state index contributed by atoms with van der Waals surface area (Å²) in [5, 5.41) is 8.00. The zero-order valence-electron chi connectivity index (χ0n) is 10.4. The van der Waals surface area contributed by atoms with Gasteiger partial charge in [-0.25, -0.2) is 0 Å². The molecule has 1 aromatic carbocycles. The zero-order chi connectivity index (χ0) is 12.4. The molecule has 1 aliphatic carbocycles. The fourth-order valence-electron chi connectivity index (χ4n) is 2.78. The fourth-order valence-corrected chi connectivity index (χ4v) is 2.78. The number of benzene rings is 1. The second-order valence-electron chi connectivity index (χ2n) is 5.09. The van der Waals surface area contributed by atoms with Crippen LogP contribution in [0.1, 0.15) is 43.3 Å². The topological polar surface area (TPSA) is 47.8 Å². The van der Waals surface area contributed by atoms with Gasteiger partial charge in [0.2, 0.25) is 5.91 Å². The highest BCUT2D eigenvalue weighted by Crippen LogP contribution is 2.27. The summed E-state index contributed by atoms with van der Waals surface area (Å²) >= 11 is 0. The number of hydrogen-bond donors (Lipinski definition) is 0. The third-order valence-electron chi connectivity index (χ3n) is 3.78. The second-order valence-corrected chi connectivity index (χ2v) is 5.09. The monoisotopic (exact) mass is 243 g/mol. The predicted octanol–water partition coefficient (Wildman–Crippen LogP) is 3.04. The molecule has 1 aromatic heterocycles. The lowest BCUT2D eigenvalue weighted by molar-refractivity contribution is 0.0855. The van der Waals surface area contributed by atoms with E-state index >= 15 is 0 Å². The molecule has 0 spiro atoms. The summed E-state index contributed by atoms with van der Waals surface area (Å²) in [4.78, 5) is 12.2. The third kappa shape index (κ3) is 2.15. The van der Waals surface area contributed by atoms with E-state index in [0.29, 0.717) is 12.3 Å². The minimum absolute atomic E-state index is 0.0793. The fraction of sp³-hybridized carbons (Fsp3) is 0.500. The van der Waals surface area contributed by atoms with E-state index in [1.54, 1.807) is 0 Å². The molecule has 3 rings (SSSR count). The quantitative estimate of drug-likeness (QED) is 0.814. The van der Waals surface area contributed by atoms with Crippen molar-refractivity contribution in [2.75, 3.05) is 0 Å². The largest absolute Gasteiger partial charge is 0.272 e. The molecule has 0 aliphatic heterocycles. The predicted molar refractivity (Wildman–Crippen MR) is 69.3 cm³/mol. The SMILES string of the molecule is O=C(CC1CCCCC1)n1nnc2ccccc21. The molecule has 0 unspecified atom stereocenters. The molecule has 1 heterocycles. The lowest BCUT2D eigenvalue weighted by atomic mass is 9.87. The molecule has 1 saturated carbocycles. The normalized spacial score (nSPS) is 17.1. The average Bonchev–Trinajstić information content (AvgIpc) is 2.84. The van der Waals surface area contributed by atoms with Crippen molar-refractivity contribution in [2.45, 2.75) is 38.5 Å². The van der Waals surface area contributed by atoms with Crippen LogP contribution >= 0.6 is 0 Å². The van der Waals surface area contributed by atoms with Crippen molar-refractivity contribution in [3.05, 3.63) is 24.3 Å². The van der Waals surface area contributed by atoms with Crippen molar-refractivity contribution >= 4 is 16.9 Å². The first-order valence-electron chi connectivity index (χ1n) is 6.68. The van der Waals surface area contributed by atoms with Gasteiger partial charge >= 0.3 is 0 Å². The summed E-state index contributed by atoms with van der Waals surface area (Å²) in [6.07, 6.45) is 6.80. The van der Waals surface area contributed by atoms with Crippen LogP contribution in [0.2, 0.25) is 0 Å². The first kappa shape index (κ1) is 11.4. The van der Waals surface area contributed by atoms with Crippen LogP contribution in [0.5, 0.6) is 0 Å². The number of aromatic nitrogens is 3. The molecular weight excluding hydrogens is 226 g/mol. The lowest BCUT2D eigenvalue weighted by Gasteiger charge is -2.20. The maximum absolute atomic E-state index is 12.2. The van der Waals surface area contributed by atoms with Crippen LogP contribution in [0, 0.1) is 5.92 Å². The van der Waals surface area contributed by atoms with Gasteiger partial charge in [-0.15, -0.1) is 5.10 Å². The van der Waals surface area contributed by atoms with Gasteiger partial charge in [0.1, 0.15) is 5.52 Å². The van der Waals surface area contributed by atoms with Gasteiger partial charge in [0.05, 0.1) is 5.52 Å². The molecular formula is C14H17N3O. The Hall–Kier alpha value is -1.71. The Labute approximate surface area is 106 Å². The van der Waals surface area contributed by atoms with Crippen LogP contribution < -0.4 is 0 Å². The first-order chi connectivity index (χ1) is 8.84. The van der Waals surface area contributed by atoms with E-state index in [0.717, 1.165) is 11.0 Å². The third-order valence-corrected chi connectivity index (χ3v) is 3.78. The van der Waals surface area contributed by atoms with Crippen LogP contribution in [0.15, 0.2) is 24.3 Å². The summed E-state index contributed by atoms with van der Waals surface area (Å²) in [6.45, 7) is 0. The maximum atomic E-state index is 12.2. The number of rotatable bonds is 2. The van der Waals surface area contributed by atoms with Crippen molar-refractivity contribution in [3.63, 3.8) is 0 Å². The first-order valence-corrected chi connectivity index (χ1v) is 6.68. The second kappa shape index (κ2) is 4.88. The molecule has 0 N–H and O–H groups in total. The summed E-state index contributed by atoms with van der Waals surface area (Å²) in [5.74, 6) is 0.616. The highest BCUT2D eigenvalue weighted by Gasteiger charge is 2.19. The minimum Gasteiger partial charge on any atom is -0.272 e. The molecule has 0 radical (unpaired) electrons. The summed E-state index contributed by atoms with van der Waals surface area (Å²) < 4.78 is 1.46. The number of carbonyl (C=O) groups excluding carboxylic acids is 1. The molecule has 0 bridgehead atoms. The molecule has 1 aliphatic rings. The Morgan fingerprint density at radius 1 is 1.22 bits per heavy atom. The number of para-hydroxylation sites is 1. The van der Waals surface area contributed by atoms with Gasteiger partial charge < -0.3 is 0 Å². The molecule has 2 aromatic rings. The number of fused-ring (bicyclic) bond motifs is 1. The Morgan fingerprint density at radius 2 is 2.00 bits per heavy atom. The van der Waals surface area contributed by atoms with E-state index in [4.69, 9.17) is 0 Å². The molecule has 94 valence electrons. The van der Waals surface area contributed by atoms with Gasteiger partial charge in [-0.2, -0.15) is 4.68 Å². The summed E-state index contributed by atoms with van der Waals surface area (Å²) in [7, 11) is 0. The van der Waals surface area contributed by atoms with E-state index in [-0.39, 0.29) is 5.91 Å². The highest BCUT2D eigenvalue weighted by molar-refractivity contribution is 5.88. The Morgan fingerprint density at radius 3 is 2.83 bits per heavy atom. The average molecular weight is 243 g/mol. The van der Waals surface area contributed by atoms with Crippen LogP contribution in [0.3, 0.4) is 0 Å². The Kier molecular flexibility index (Phi) is 3.09. The van der Waals surface area contributed by atoms with E-state index in [1.165, 1.54) is 36.8 Å². The van der Waals surface area contributed by atoms with Gasteiger partial charge in [-0.1, -0.05) is 36.6 Å². The van der Waals surface area contributed by atoms with Crippen molar-refractivity contribution in [2.24, 2.45) is 5.92 Å². The van der Waals surface area contributed by atoms with Gasteiger partial charge in [0, 0.05) is 6.42 Å². The molecule has 1 fully saturated rings. The molecule has 18 heavy (non-hydrogen) atoms. The van der Waals surface area contributed by atoms with Crippen LogP contribution in [0.25, 0.3) is 11.0 Å². The van der Waals surface area contributed by atoms with Crippen LogP contribution in [-0.4, -0.2) is 20.9 Å². The number of hydrogen-bond acceptors (Lipinski definition) is 3. The highest BCUT2D eigenvalue weighted by atomic mass is 16.2. The van der Waals surface area contributed by atoms with Crippen LogP contribution in [0.4, 0.5) is 0 Å². The molecule has 0 amide bonds. The van der Waals surface area contributed by atoms with Crippen molar-refractivity contribution in [1.82, 2.24) is 15.0 Å². The van der Waals surface area contributed by atoms with Gasteiger partial charge in [0.25, 0.3) is 0 Å². The number of nitrogens with zero attached hydrogens (tertiary/aromatic N) is 3. The summed E-state index contributed by atoms with van der Waals surface area (Å²) in [6, 6.07) is 7.60. The lowest BCUT2D eigenvalue weighted by Crippen LogP contribution is -2.18. The van der Waals surface area contributed by atoms with E-state index in [9.17, 15) is 4.79 Å².